The van der Waals surface area contributed by atoms with Crippen molar-refractivity contribution in [2.45, 2.75) is 6.42 Å². The second-order valence-corrected chi connectivity index (χ2v) is 7.69. The van der Waals surface area contributed by atoms with Crippen molar-refractivity contribution in [1.29, 1.82) is 0 Å². The number of carbonyl (C=O) groups is 1. The van der Waals surface area contributed by atoms with Crippen LogP contribution in [-0.4, -0.2) is 37.4 Å². The highest BCUT2D eigenvalue weighted by Gasteiger charge is 2.18. The van der Waals surface area contributed by atoms with Crippen LogP contribution in [-0.2, 0) is 6.42 Å². The van der Waals surface area contributed by atoms with Gasteiger partial charge in [-0.15, -0.1) is 10.2 Å². The number of carbonyl (C=O) groups excluding carboxylic acids is 1. The Morgan fingerprint density at radius 2 is 1.72 bits per heavy atom. The summed E-state index contributed by atoms with van der Waals surface area (Å²) in [5, 5.41) is 13.0. The van der Waals surface area contributed by atoms with E-state index in [0.717, 1.165) is 5.56 Å². The van der Waals surface area contributed by atoms with Gasteiger partial charge in [0, 0.05) is 22.0 Å². The van der Waals surface area contributed by atoms with Gasteiger partial charge < -0.3 is 14.2 Å². The van der Waals surface area contributed by atoms with Gasteiger partial charge in [0.05, 0.1) is 21.3 Å². The van der Waals surface area contributed by atoms with Crippen LogP contribution in [0, 0.1) is 0 Å². The first-order valence-corrected chi connectivity index (χ1v) is 9.90. The molecule has 1 heterocycles. The minimum atomic E-state index is -0.378. The fraction of sp³-hybridized carbons (Fsp3) is 0.211. The van der Waals surface area contributed by atoms with Gasteiger partial charge in [0.15, 0.2) is 11.5 Å². The summed E-state index contributed by atoms with van der Waals surface area (Å²) in [6.45, 7) is 0. The zero-order chi connectivity index (χ0) is 21.0. The molecule has 2 aromatic carbocycles. The lowest BCUT2D eigenvalue weighted by molar-refractivity contribution is 0.102. The Bertz CT molecular complexity index is 1020. The van der Waals surface area contributed by atoms with E-state index >= 15 is 0 Å². The molecule has 10 heteroatoms. The van der Waals surface area contributed by atoms with Crippen molar-refractivity contribution in [2.24, 2.45) is 0 Å². The number of ether oxygens (including phenoxy) is 3. The standard InChI is InChI=1S/C19H17Cl2N3O4S/c1-26-14-6-11(7-15(27-2)17(14)28-3)18(25)22-19-24-23-16(29-19)8-10-4-5-12(20)9-13(10)21/h4-7,9H,8H2,1-3H3,(H,22,24,25). The molecule has 0 saturated carbocycles. The number of hydrogen-bond acceptors (Lipinski definition) is 7. The van der Waals surface area contributed by atoms with E-state index in [1.807, 2.05) is 6.07 Å². The van der Waals surface area contributed by atoms with Crippen LogP contribution in [0.2, 0.25) is 10.0 Å². The van der Waals surface area contributed by atoms with Gasteiger partial charge in [0.2, 0.25) is 10.9 Å². The molecule has 0 atom stereocenters. The molecule has 1 N–H and O–H groups in total. The van der Waals surface area contributed by atoms with E-state index in [9.17, 15) is 4.79 Å². The summed E-state index contributed by atoms with van der Waals surface area (Å²) < 4.78 is 15.8. The smallest absolute Gasteiger partial charge is 0.257 e. The number of nitrogens with zero attached hydrogens (tertiary/aromatic N) is 2. The Hall–Kier alpha value is -2.55. The van der Waals surface area contributed by atoms with Crippen LogP contribution >= 0.6 is 34.5 Å². The predicted octanol–water partition coefficient (Wildman–Crippen LogP) is 4.71. The first kappa shape index (κ1) is 21.2. The van der Waals surface area contributed by atoms with Crippen molar-refractivity contribution in [2.75, 3.05) is 26.6 Å². The van der Waals surface area contributed by atoms with E-state index in [2.05, 4.69) is 15.5 Å². The molecule has 0 radical (unpaired) electrons. The highest BCUT2D eigenvalue weighted by Crippen LogP contribution is 2.38. The monoisotopic (exact) mass is 453 g/mol. The van der Waals surface area contributed by atoms with Gasteiger partial charge in [0.1, 0.15) is 5.01 Å². The molecule has 0 bridgehead atoms. The van der Waals surface area contributed by atoms with Crippen LogP contribution < -0.4 is 19.5 Å². The molecule has 0 aliphatic rings. The second kappa shape index (κ2) is 9.30. The summed E-state index contributed by atoms with van der Waals surface area (Å²) in [4.78, 5) is 12.6. The fourth-order valence-corrected chi connectivity index (χ4v) is 3.82. The first-order chi connectivity index (χ1) is 13.9. The number of methoxy groups -OCH3 is 3. The molecule has 29 heavy (non-hydrogen) atoms. The molecule has 0 spiro atoms. The number of amides is 1. The van der Waals surface area contributed by atoms with Gasteiger partial charge in [-0.25, -0.2) is 0 Å². The van der Waals surface area contributed by atoms with Gasteiger partial charge in [-0.05, 0) is 29.8 Å². The third-order valence-corrected chi connectivity index (χ3v) is 5.40. The molecule has 0 fully saturated rings. The van der Waals surface area contributed by atoms with Crippen molar-refractivity contribution >= 4 is 45.6 Å². The largest absolute Gasteiger partial charge is 0.493 e. The minimum Gasteiger partial charge on any atom is -0.493 e. The Morgan fingerprint density at radius 1 is 1.03 bits per heavy atom. The van der Waals surface area contributed by atoms with E-state index in [0.29, 0.717) is 49.4 Å². The molecular weight excluding hydrogens is 437 g/mol. The Morgan fingerprint density at radius 3 is 2.31 bits per heavy atom. The van der Waals surface area contributed by atoms with Gasteiger partial charge >= 0.3 is 0 Å². The van der Waals surface area contributed by atoms with Gasteiger partial charge in [-0.3, -0.25) is 10.1 Å². The number of hydrogen-bond donors (Lipinski definition) is 1. The molecule has 0 unspecified atom stereocenters. The topological polar surface area (TPSA) is 82.6 Å². The number of anilines is 1. The SMILES string of the molecule is COc1cc(C(=O)Nc2nnc(Cc3ccc(Cl)cc3Cl)s2)cc(OC)c1OC. The Labute approximate surface area is 181 Å². The molecule has 7 nitrogen and oxygen atoms in total. The van der Waals surface area contributed by atoms with Crippen LogP contribution in [0.15, 0.2) is 30.3 Å². The lowest BCUT2D eigenvalue weighted by Crippen LogP contribution is -2.12. The molecule has 0 aliphatic carbocycles. The maximum Gasteiger partial charge on any atom is 0.257 e. The Balaban J connectivity index is 1.76. The summed E-state index contributed by atoms with van der Waals surface area (Å²) in [5.41, 5.74) is 1.20. The molecule has 3 rings (SSSR count). The van der Waals surface area contributed by atoms with E-state index < -0.39 is 0 Å². The number of halogens is 2. The molecule has 0 saturated heterocycles. The van der Waals surface area contributed by atoms with Gasteiger partial charge in [0.25, 0.3) is 5.91 Å². The normalized spacial score (nSPS) is 10.5. The van der Waals surface area contributed by atoms with Crippen LogP contribution in [0.5, 0.6) is 17.2 Å². The van der Waals surface area contributed by atoms with Gasteiger partial charge in [-0.1, -0.05) is 40.6 Å². The highest BCUT2D eigenvalue weighted by atomic mass is 35.5. The third kappa shape index (κ3) is 4.90. The summed E-state index contributed by atoms with van der Waals surface area (Å²) in [6, 6.07) is 8.39. The number of aromatic nitrogens is 2. The minimum absolute atomic E-state index is 0.331. The summed E-state index contributed by atoms with van der Waals surface area (Å²) in [5.74, 6) is 0.792. The zero-order valence-corrected chi connectivity index (χ0v) is 18.1. The lowest BCUT2D eigenvalue weighted by Gasteiger charge is -2.13. The van der Waals surface area contributed by atoms with Gasteiger partial charge in [-0.2, -0.15) is 0 Å². The van der Waals surface area contributed by atoms with Crippen molar-refractivity contribution in [3.05, 3.63) is 56.5 Å². The zero-order valence-electron chi connectivity index (χ0n) is 15.8. The predicted molar refractivity (Wildman–Crippen MR) is 113 cm³/mol. The average molecular weight is 454 g/mol. The highest BCUT2D eigenvalue weighted by molar-refractivity contribution is 7.15. The first-order valence-electron chi connectivity index (χ1n) is 8.32. The summed E-state index contributed by atoms with van der Waals surface area (Å²) in [6.07, 6.45) is 0.480. The molecule has 1 amide bonds. The second-order valence-electron chi connectivity index (χ2n) is 5.78. The number of rotatable bonds is 7. The molecule has 152 valence electrons. The van der Waals surface area contributed by atoms with Crippen molar-refractivity contribution < 1.29 is 19.0 Å². The third-order valence-electron chi connectivity index (χ3n) is 3.97. The average Bonchev–Trinajstić information content (AvgIpc) is 3.15. The molecule has 0 aliphatic heterocycles. The van der Waals surface area contributed by atoms with Crippen LogP contribution in [0.4, 0.5) is 5.13 Å². The van der Waals surface area contributed by atoms with E-state index in [1.165, 1.54) is 32.7 Å². The maximum atomic E-state index is 12.6. The van der Waals surface area contributed by atoms with Crippen LogP contribution in [0.25, 0.3) is 0 Å². The maximum absolute atomic E-state index is 12.6. The van der Waals surface area contributed by atoms with E-state index in [1.54, 1.807) is 24.3 Å². The van der Waals surface area contributed by atoms with Crippen molar-refractivity contribution in [1.82, 2.24) is 10.2 Å². The molecular formula is C19H17Cl2N3O4S. The number of benzene rings is 2. The number of nitrogens with one attached hydrogen (secondary N) is 1. The lowest BCUT2D eigenvalue weighted by atomic mass is 10.1. The Kier molecular flexibility index (Phi) is 6.79. The quantitative estimate of drug-likeness (QED) is 0.557. The molecule has 1 aromatic heterocycles. The van der Waals surface area contributed by atoms with Crippen molar-refractivity contribution in [3.63, 3.8) is 0 Å². The summed E-state index contributed by atoms with van der Waals surface area (Å²) in [7, 11) is 4.46. The van der Waals surface area contributed by atoms with E-state index in [4.69, 9.17) is 37.4 Å². The molecule has 3 aromatic rings. The van der Waals surface area contributed by atoms with Crippen molar-refractivity contribution in [3.8, 4) is 17.2 Å². The van der Waals surface area contributed by atoms with Crippen LogP contribution in [0.3, 0.4) is 0 Å². The van der Waals surface area contributed by atoms with E-state index in [-0.39, 0.29) is 5.91 Å². The fourth-order valence-electron chi connectivity index (χ4n) is 2.58. The summed E-state index contributed by atoms with van der Waals surface area (Å²) >= 11 is 13.4. The van der Waals surface area contributed by atoms with Crippen LogP contribution in [0.1, 0.15) is 20.9 Å².